The molecule has 1 N–H and O–H groups in total. The monoisotopic (exact) mass is 254 g/mol. The Labute approximate surface area is 103 Å². The van der Waals surface area contributed by atoms with Crippen molar-refractivity contribution in [1.29, 1.82) is 0 Å². The molecule has 1 aliphatic carbocycles. The van der Waals surface area contributed by atoms with E-state index in [2.05, 4.69) is 0 Å². The lowest BCUT2D eigenvalue weighted by molar-refractivity contribution is -0.142. The van der Waals surface area contributed by atoms with Crippen molar-refractivity contribution in [3.63, 3.8) is 0 Å². The molecule has 2 rings (SSSR count). The van der Waals surface area contributed by atoms with E-state index in [0.29, 0.717) is 10.8 Å². The van der Waals surface area contributed by atoms with Crippen molar-refractivity contribution < 1.29 is 19.4 Å². The third-order valence-corrected chi connectivity index (χ3v) is 3.00. The smallest absolute Gasteiger partial charge is 0.307 e. The topological polar surface area (TPSA) is 63.6 Å². The summed E-state index contributed by atoms with van der Waals surface area (Å²) in [5, 5.41) is 9.41. The molecule has 5 heteroatoms. The molecule has 1 saturated carbocycles. The number of carbonyl (C=O) groups is 2. The maximum absolute atomic E-state index is 11.5. The average molecular weight is 255 g/mol. The highest BCUT2D eigenvalue weighted by atomic mass is 35.5. The highest BCUT2D eigenvalue weighted by Crippen LogP contribution is 2.27. The molecule has 0 aromatic heterocycles. The fourth-order valence-electron chi connectivity index (χ4n) is 1.83. The van der Waals surface area contributed by atoms with Gasteiger partial charge in [-0.25, -0.2) is 0 Å². The van der Waals surface area contributed by atoms with Crippen LogP contribution in [-0.4, -0.2) is 23.0 Å². The minimum Gasteiger partial charge on any atom is -0.483 e. The molecule has 0 aliphatic heterocycles. The molecule has 1 aliphatic rings. The van der Waals surface area contributed by atoms with Gasteiger partial charge >= 0.3 is 5.97 Å². The molecule has 17 heavy (non-hydrogen) atoms. The Morgan fingerprint density at radius 1 is 1.35 bits per heavy atom. The van der Waals surface area contributed by atoms with E-state index in [1.54, 1.807) is 24.3 Å². The van der Waals surface area contributed by atoms with Gasteiger partial charge in [-0.1, -0.05) is 11.6 Å². The fourth-order valence-corrected chi connectivity index (χ4v) is 1.95. The van der Waals surface area contributed by atoms with Gasteiger partial charge in [0.2, 0.25) is 0 Å². The van der Waals surface area contributed by atoms with Crippen molar-refractivity contribution in [2.75, 3.05) is 0 Å². The van der Waals surface area contributed by atoms with Crippen LogP contribution in [0, 0.1) is 5.92 Å². The highest BCUT2D eigenvalue weighted by molar-refractivity contribution is 6.30. The minimum atomic E-state index is -0.944. The molecule has 0 spiro atoms. The minimum absolute atomic E-state index is 0.0492. The first-order valence-corrected chi connectivity index (χ1v) is 5.62. The first-order chi connectivity index (χ1) is 8.06. The Morgan fingerprint density at radius 3 is 2.53 bits per heavy atom. The molecular weight excluding hydrogens is 244 g/mol. The first kappa shape index (κ1) is 11.9. The van der Waals surface area contributed by atoms with Gasteiger partial charge in [0.05, 0.1) is 5.92 Å². The second kappa shape index (κ2) is 4.75. The Bertz CT molecular complexity index is 440. The summed E-state index contributed by atoms with van der Waals surface area (Å²) in [4.78, 5) is 22.3. The van der Waals surface area contributed by atoms with E-state index >= 15 is 0 Å². The van der Waals surface area contributed by atoms with Gasteiger partial charge in [0.25, 0.3) is 0 Å². The Hall–Kier alpha value is -1.55. The van der Waals surface area contributed by atoms with Crippen molar-refractivity contribution in [2.24, 2.45) is 5.92 Å². The summed E-state index contributed by atoms with van der Waals surface area (Å²) in [6, 6.07) is 6.63. The zero-order valence-electron chi connectivity index (χ0n) is 8.93. The van der Waals surface area contributed by atoms with Crippen LogP contribution in [0.25, 0.3) is 0 Å². The molecule has 0 saturated heterocycles. The van der Waals surface area contributed by atoms with Crippen LogP contribution in [-0.2, 0) is 9.59 Å². The lowest BCUT2D eigenvalue weighted by Crippen LogP contribution is -2.21. The zero-order chi connectivity index (χ0) is 12.4. The predicted molar refractivity (Wildman–Crippen MR) is 61.2 cm³/mol. The van der Waals surface area contributed by atoms with E-state index in [4.69, 9.17) is 21.4 Å². The molecule has 1 aromatic carbocycles. The maximum atomic E-state index is 11.5. The lowest BCUT2D eigenvalue weighted by Gasteiger charge is -2.12. The van der Waals surface area contributed by atoms with Gasteiger partial charge in [-0.15, -0.1) is 0 Å². The number of benzene rings is 1. The van der Waals surface area contributed by atoms with Gasteiger partial charge in [-0.2, -0.15) is 0 Å². The Balaban J connectivity index is 2.02. The number of hydrogen-bond acceptors (Lipinski definition) is 3. The van der Waals surface area contributed by atoms with Crippen LogP contribution in [0.15, 0.2) is 24.3 Å². The zero-order valence-corrected chi connectivity index (χ0v) is 9.68. The number of carboxylic acids is 1. The number of aliphatic carboxylic acids is 1. The van der Waals surface area contributed by atoms with Crippen molar-refractivity contribution in [2.45, 2.75) is 18.9 Å². The van der Waals surface area contributed by atoms with E-state index in [-0.39, 0.29) is 18.6 Å². The summed E-state index contributed by atoms with van der Waals surface area (Å²) >= 11 is 5.72. The van der Waals surface area contributed by atoms with E-state index in [1.807, 2.05) is 0 Å². The number of carbonyl (C=O) groups excluding carboxylic acids is 1. The van der Waals surface area contributed by atoms with Crippen molar-refractivity contribution in [1.82, 2.24) is 0 Å². The normalized spacial score (nSPS) is 23.7. The maximum Gasteiger partial charge on any atom is 0.307 e. The molecule has 0 amide bonds. The van der Waals surface area contributed by atoms with Gasteiger partial charge in [0.15, 0.2) is 11.9 Å². The van der Waals surface area contributed by atoms with Gasteiger partial charge in [0.1, 0.15) is 5.75 Å². The third kappa shape index (κ3) is 2.77. The number of halogens is 1. The fraction of sp³-hybridized carbons (Fsp3) is 0.333. The van der Waals surface area contributed by atoms with Gasteiger partial charge < -0.3 is 9.84 Å². The summed E-state index contributed by atoms with van der Waals surface area (Å²) in [7, 11) is 0. The van der Waals surface area contributed by atoms with Crippen LogP contribution in [0.5, 0.6) is 5.75 Å². The molecule has 0 heterocycles. The molecule has 1 fully saturated rings. The number of ether oxygens (including phenoxy) is 1. The number of carboxylic acid groups (broad SMARTS) is 1. The van der Waals surface area contributed by atoms with Crippen molar-refractivity contribution in [3.8, 4) is 5.75 Å². The molecule has 90 valence electrons. The quantitative estimate of drug-likeness (QED) is 0.898. The van der Waals surface area contributed by atoms with Gasteiger partial charge in [0, 0.05) is 17.9 Å². The third-order valence-electron chi connectivity index (χ3n) is 2.75. The van der Waals surface area contributed by atoms with E-state index in [0.717, 1.165) is 0 Å². The van der Waals surface area contributed by atoms with E-state index in [9.17, 15) is 9.59 Å². The van der Waals surface area contributed by atoms with Crippen LogP contribution in [0.4, 0.5) is 0 Å². The number of ketones is 1. The molecule has 0 bridgehead atoms. The number of Topliss-reactive ketones (excluding diaryl/α,β-unsaturated/α-hetero) is 1. The molecule has 4 nitrogen and oxygen atoms in total. The molecule has 2 unspecified atom stereocenters. The number of rotatable bonds is 3. The molecule has 0 radical (unpaired) electrons. The molecule has 2 atom stereocenters. The van der Waals surface area contributed by atoms with Crippen LogP contribution < -0.4 is 4.74 Å². The summed E-state index contributed by atoms with van der Waals surface area (Å²) in [5.41, 5.74) is 0. The Morgan fingerprint density at radius 2 is 2.00 bits per heavy atom. The number of hydrogen-bond donors (Lipinski definition) is 1. The standard InChI is InChI=1S/C12H11ClO4/c13-8-1-3-9(4-2-8)17-11-6-7(12(15)16)5-10(11)14/h1-4,7,11H,5-6H2,(H,15,16). The van der Waals surface area contributed by atoms with Crippen molar-refractivity contribution >= 4 is 23.4 Å². The highest BCUT2D eigenvalue weighted by Gasteiger charge is 2.38. The van der Waals surface area contributed by atoms with E-state index in [1.165, 1.54) is 0 Å². The second-order valence-electron chi connectivity index (χ2n) is 4.00. The van der Waals surface area contributed by atoms with Crippen molar-refractivity contribution in [3.05, 3.63) is 29.3 Å². The van der Waals surface area contributed by atoms with Crippen LogP contribution in [0.2, 0.25) is 5.02 Å². The second-order valence-corrected chi connectivity index (χ2v) is 4.44. The van der Waals surface area contributed by atoms with Crippen LogP contribution in [0.1, 0.15) is 12.8 Å². The summed E-state index contributed by atoms with van der Waals surface area (Å²) in [6.07, 6.45) is -0.373. The Kier molecular flexibility index (Phi) is 3.33. The summed E-state index contributed by atoms with van der Waals surface area (Å²) in [6.45, 7) is 0. The predicted octanol–water partition coefficient (Wildman–Crippen LogP) is 2.15. The van der Waals surface area contributed by atoms with Crippen LogP contribution in [0.3, 0.4) is 0 Å². The summed E-state index contributed by atoms with van der Waals surface area (Å²) in [5.74, 6) is -1.20. The van der Waals surface area contributed by atoms with Gasteiger partial charge in [-0.3, -0.25) is 9.59 Å². The SMILES string of the molecule is O=C(O)C1CC(=O)C(Oc2ccc(Cl)cc2)C1. The first-order valence-electron chi connectivity index (χ1n) is 5.24. The largest absolute Gasteiger partial charge is 0.483 e. The molecule has 1 aromatic rings. The summed E-state index contributed by atoms with van der Waals surface area (Å²) < 4.78 is 5.45. The molecular formula is C12H11ClO4. The van der Waals surface area contributed by atoms with Gasteiger partial charge in [-0.05, 0) is 24.3 Å². The van der Waals surface area contributed by atoms with Crippen LogP contribution >= 0.6 is 11.6 Å². The lowest BCUT2D eigenvalue weighted by atomic mass is 10.1. The average Bonchev–Trinajstić information content (AvgIpc) is 2.64. The van der Waals surface area contributed by atoms with E-state index < -0.39 is 18.0 Å².